The fraction of sp³-hybridized carbons (Fsp3) is 0.286. The van der Waals surface area contributed by atoms with E-state index in [1.54, 1.807) is 11.3 Å². The van der Waals surface area contributed by atoms with Crippen molar-refractivity contribution in [2.45, 2.75) is 19.3 Å². The zero-order valence-electron chi connectivity index (χ0n) is 14.2. The lowest BCUT2D eigenvalue weighted by molar-refractivity contribution is 0.216. The monoisotopic (exact) mass is 347 g/mol. The second-order valence-corrected chi connectivity index (χ2v) is 7.24. The van der Waals surface area contributed by atoms with Gasteiger partial charge in [-0.05, 0) is 53.8 Å². The molecule has 0 amide bonds. The summed E-state index contributed by atoms with van der Waals surface area (Å²) < 4.78 is 0. The van der Waals surface area contributed by atoms with E-state index in [0.29, 0.717) is 0 Å². The summed E-state index contributed by atoms with van der Waals surface area (Å²) in [6.07, 6.45) is 3.53. The molecule has 1 fully saturated rings. The first-order valence-corrected chi connectivity index (χ1v) is 9.76. The molecule has 3 nitrogen and oxygen atoms in total. The van der Waals surface area contributed by atoms with E-state index in [2.05, 4.69) is 57.2 Å². The lowest BCUT2D eigenvalue weighted by atomic mass is 10.0. The lowest BCUT2D eigenvalue weighted by Gasteiger charge is -2.41. The Morgan fingerprint density at radius 3 is 2.64 bits per heavy atom. The SMILES string of the molecule is N#Cc1ccc(N2CCCCN2CCc2ccsc2)c2ccccc12. The molecule has 0 bridgehead atoms. The smallest absolute Gasteiger partial charge is 0.0998 e. The Bertz CT molecular complexity index is 895. The summed E-state index contributed by atoms with van der Waals surface area (Å²) in [6, 6.07) is 16.9. The maximum Gasteiger partial charge on any atom is 0.0998 e. The highest BCUT2D eigenvalue weighted by molar-refractivity contribution is 7.07. The number of anilines is 1. The third kappa shape index (κ3) is 3.26. The molecule has 2 aromatic carbocycles. The molecule has 0 saturated carbocycles. The van der Waals surface area contributed by atoms with Crippen LogP contribution in [0, 0.1) is 11.3 Å². The van der Waals surface area contributed by atoms with E-state index >= 15 is 0 Å². The van der Waals surface area contributed by atoms with E-state index in [0.717, 1.165) is 37.0 Å². The van der Waals surface area contributed by atoms with E-state index in [4.69, 9.17) is 0 Å². The van der Waals surface area contributed by atoms with Crippen molar-refractivity contribution in [3.63, 3.8) is 0 Å². The first kappa shape index (κ1) is 16.1. The molecule has 4 heteroatoms. The number of hydrazine groups is 1. The summed E-state index contributed by atoms with van der Waals surface area (Å²) in [6.45, 7) is 3.17. The zero-order valence-corrected chi connectivity index (χ0v) is 15.0. The minimum Gasteiger partial charge on any atom is -0.305 e. The van der Waals surface area contributed by atoms with Gasteiger partial charge in [-0.1, -0.05) is 24.3 Å². The number of nitriles is 1. The molecule has 126 valence electrons. The quantitative estimate of drug-likeness (QED) is 0.677. The summed E-state index contributed by atoms with van der Waals surface area (Å²) in [5, 5.41) is 20.9. The van der Waals surface area contributed by atoms with Crippen LogP contribution >= 0.6 is 11.3 Å². The molecule has 0 radical (unpaired) electrons. The van der Waals surface area contributed by atoms with Gasteiger partial charge in [0, 0.05) is 30.4 Å². The molecule has 2 heterocycles. The van der Waals surface area contributed by atoms with E-state index in [1.807, 2.05) is 12.1 Å². The second kappa shape index (κ2) is 7.26. The van der Waals surface area contributed by atoms with Gasteiger partial charge in [-0.25, -0.2) is 5.01 Å². The van der Waals surface area contributed by atoms with Crippen molar-refractivity contribution in [2.75, 3.05) is 24.6 Å². The van der Waals surface area contributed by atoms with Gasteiger partial charge in [0.25, 0.3) is 0 Å². The van der Waals surface area contributed by atoms with Crippen LogP contribution in [0.2, 0.25) is 0 Å². The summed E-state index contributed by atoms with van der Waals surface area (Å²) in [7, 11) is 0. The summed E-state index contributed by atoms with van der Waals surface area (Å²) in [4.78, 5) is 0. The van der Waals surface area contributed by atoms with E-state index < -0.39 is 0 Å². The minimum absolute atomic E-state index is 0.751. The van der Waals surface area contributed by atoms with Crippen molar-refractivity contribution in [1.82, 2.24) is 5.01 Å². The highest BCUT2D eigenvalue weighted by Gasteiger charge is 2.22. The maximum absolute atomic E-state index is 9.41. The Kier molecular flexibility index (Phi) is 4.69. The van der Waals surface area contributed by atoms with Gasteiger partial charge in [-0.3, -0.25) is 0 Å². The molecule has 0 aliphatic carbocycles. The highest BCUT2D eigenvalue weighted by Crippen LogP contribution is 2.32. The molecular formula is C21H21N3S. The molecule has 0 unspecified atom stereocenters. The molecule has 0 atom stereocenters. The van der Waals surface area contributed by atoms with Crippen LogP contribution in [-0.2, 0) is 6.42 Å². The predicted octanol–water partition coefficient (Wildman–Crippen LogP) is 4.83. The molecule has 1 aliphatic rings. The first-order valence-electron chi connectivity index (χ1n) is 8.82. The normalized spacial score (nSPS) is 15.4. The van der Waals surface area contributed by atoms with Gasteiger partial charge in [-0.2, -0.15) is 16.6 Å². The van der Waals surface area contributed by atoms with Crippen LogP contribution in [0.3, 0.4) is 0 Å². The number of benzene rings is 2. The first-order chi connectivity index (χ1) is 12.4. The predicted molar refractivity (Wildman–Crippen MR) is 105 cm³/mol. The second-order valence-electron chi connectivity index (χ2n) is 6.46. The topological polar surface area (TPSA) is 30.3 Å². The average molecular weight is 347 g/mol. The Labute approximate surface area is 152 Å². The van der Waals surface area contributed by atoms with Crippen molar-refractivity contribution in [2.24, 2.45) is 0 Å². The van der Waals surface area contributed by atoms with E-state index in [-0.39, 0.29) is 0 Å². The third-order valence-corrected chi connectivity index (χ3v) is 5.65. The number of hydrogen-bond donors (Lipinski definition) is 0. The average Bonchev–Trinajstić information content (AvgIpc) is 3.19. The number of nitrogens with zero attached hydrogens (tertiary/aromatic N) is 3. The van der Waals surface area contributed by atoms with Gasteiger partial charge in [0.2, 0.25) is 0 Å². The highest BCUT2D eigenvalue weighted by atomic mass is 32.1. The molecule has 4 rings (SSSR count). The van der Waals surface area contributed by atoms with Crippen LogP contribution in [0.15, 0.2) is 53.2 Å². The van der Waals surface area contributed by atoms with Crippen molar-refractivity contribution in [3.8, 4) is 6.07 Å². The van der Waals surface area contributed by atoms with Crippen LogP contribution < -0.4 is 5.01 Å². The Morgan fingerprint density at radius 1 is 1.00 bits per heavy atom. The third-order valence-electron chi connectivity index (χ3n) is 4.92. The van der Waals surface area contributed by atoms with Crippen molar-refractivity contribution >= 4 is 27.8 Å². The molecular weight excluding hydrogens is 326 g/mol. The molecule has 0 N–H and O–H groups in total. The number of fused-ring (bicyclic) bond motifs is 1. The standard InChI is InChI=1S/C21H21N3S/c22-15-18-7-8-21(20-6-2-1-5-19(18)20)24-12-4-3-11-23(24)13-9-17-10-14-25-16-17/h1-2,5-8,10,14,16H,3-4,9,11-13H2. The lowest BCUT2D eigenvalue weighted by Crippen LogP contribution is -2.48. The van der Waals surface area contributed by atoms with E-state index in [9.17, 15) is 5.26 Å². The number of rotatable bonds is 4. The van der Waals surface area contributed by atoms with E-state index in [1.165, 1.54) is 29.5 Å². The molecule has 3 aromatic rings. The van der Waals surface area contributed by atoms with Crippen LogP contribution in [0.4, 0.5) is 5.69 Å². The van der Waals surface area contributed by atoms with Crippen LogP contribution in [0.25, 0.3) is 10.8 Å². The van der Waals surface area contributed by atoms with Gasteiger partial charge in [0.15, 0.2) is 0 Å². The van der Waals surface area contributed by atoms with Crippen LogP contribution in [-0.4, -0.2) is 24.6 Å². The number of hydrogen-bond acceptors (Lipinski definition) is 4. The summed E-state index contributed by atoms with van der Waals surface area (Å²) >= 11 is 1.77. The molecule has 1 aliphatic heterocycles. The Morgan fingerprint density at radius 2 is 1.84 bits per heavy atom. The van der Waals surface area contributed by atoms with Crippen molar-refractivity contribution < 1.29 is 0 Å². The summed E-state index contributed by atoms with van der Waals surface area (Å²) in [5.74, 6) is 0. The van der Waals surface area contributed by atoms with Gasteiger partial charge in [-0.15, -0.1) is 0 Å². The Hall–Kier alpha value is -2.35. The molecule has 25 heavy (non-hydrogen) atoms. The fourth-order valence-electron chi connectivity index (χ4n) is 3.62. The van der Waals surface area contributed by atoms with Crippen LogP contribution in [0.1, 0.15) is 24.0 Å². The maximum atomic E-state index is 9.41. The largest absolute Gasteiger partial charge is 0.305 e. The van der Waals surface area contributed by atoms with Crippen molar-refractivity contribution in [3.05, 3.63) is 64.4 Å². The van der Waals surface area contributed by atoms with Gasteiger partial charge >= 0.3 is 0 Å². The van der Waals surface area contributed by atoms with Gasteiger partial charge in [0.05, 0.1) is 17.3 Å². The Balaban J connectivity index is 1.66. The van der Waals surface area contributed by atoms with Gasteiger partial charge < -0.3 is 5.01 Å². The fourth-order valence-corrected chi connectivity index (χ4v) is 4.33. The van der Waals surface area contributed by atoms with Crippen LogP contribution in [0.5, 0.6) is 0 Å². The van der Waals surface area contributed by atoms with Crippen molar-refractivity contribution in [1.29, 1.82) is 5.26 Å². The minimum atomic E-state index is 0.751. The number of thiophene rings is 1. The molecule has 1 aromatic heterocycles. The summed E-state index contributed by atoms with van der Waals surface area (Å²) in [5.41, 5.74) is 3.39. The zero-order chi connectivity index (χ0) is 17.1. The van der Waals surface area contributed by atoms with Gasteiger partial charge in [0.1, 0.15) is 0 Å². The molecule has 1 saturated heterocycles. The molecule has 0 spiro atoms.